The number of hydrazine groups is 1. The summed E-state index contributed by atoms with van der Waals surface area (Å²) >= 11 is 0. The van der Waals surface area contributed by atoms with E-state index < -0.39 is 0 Å². The molecule has 0 aromatic rings. The molecule has 2 N–H and O–H groups in total. The standard InChI is InChI=1S/C4H10N2O.C2H6/c5-6-1-3-7-4-2-6;1-2/h1-5H2;1-2H3. The van der Waals surface area contributed by atoms with Gasteiger partial charge in [-0.15, -0.1) is 0 Å². The van der Waals surface area contributed by atoms with E-state index in [0.29, 0.717) is 0 Å². The maximum Gasteiger partial charge on any atom is 0.0608 e. The monoisotopic (exact) mass is 132 g/mol. The van der Waals surface area contributed by atoms with Crippen LogP contribution in [0.15, 0.2) is 0 Å². The van der Waals surface area contributed by atoms with Gasteiger partial charge >= 0.3 is 0 Å². The molecule has 0 saturated carbocycles. The van der Waals surface area contributed by atoms with Crippen LogP contribution < -0.4 is 5.84 Å². The second kappa shape index (κ2) is 6.01. The largest absolute Gasteiger partial charge is 0.379 e. The summed E-state index contributed by atoms with van der Waals surface area (Å²) in [4.78, 5) is 0. The van der Waals surface area contributed by atoms with Crippen molar-refractivity contribution in [1.82, 2.24) is 5.01 Å². The van der Waals surface area contributed by atoms with Gasteiger partial charge in [0.05, 0.1) is 13.2 Å². The molecule has 56 valence electrons. The summed E-state index contributed by atoms with van der Waals surface area (Å²) in [5, 5.41) is 1.77. The van der Waals surface area contributed by atoms with Crippen LogP contribution in [0.3, 0.4) is 0 Å². The molecular weight excluding hydrogens is 116 g/mol. The lowest BCUT2D eigenvalue weighted by atomic mass is 10.5. The molecule has 1 heterocycles. The van der Waals surface area contributed by atoms with Crippen molar-refractivity contribution in [1.29, 1.82) is 0 Å². The summed E-state index contributed by atoms with van der Waals surface area (Å²) in [7, 11) is 0. The normalized spacial score (nSPS) is 20.3. The van der Waals surface area contributed by atoms with E-state index >= 15 is 0 Å². The van der Waals surface area contributed by atoms with Gasteiger partial charge in [0.15, 0.2) is 0 Å². The van der Waals surface area contributed by atoms with Crippen LogP contribution in [-0.4, -0.2) is 31.3 Å². The van der Waals surface area contributed by atoms with Crippen LogP contribution in [0.4, 0.5) is 0 Å². The number of hydrogen-bond donors (Lipinski definition) is 1. The van der Waals surface area contributed by atoms with Crippen molar-refractivity contribution in [2.45, 2.75) is 13.8 Å². The SMILES string of the molecule is CC.NN1CCOCC1. The topological polar surface area (TPSA) is 38.5 Å². The molecule has 3 heteroatoms. The lowest BCUT2D eigenvalue weighted by Crippen LogP contribution is -2.41. The molecule has 0 aromatic heterocycles. The highest BCUT2D eigenvalue weighted by atomic mass is 16.5. The van der Waals surface area contributed by atoms with Gasteiger partial charge in [0.25, 0.3) is 0 Å². The molecule has 0 aromatic carbocycles. The van der Waals surface area contributed by atoms with E-state index in [4.69, 9.17) is 10.6 Å². The zero-order chi connectivity index (χ0) is 7.11. The van der Waals surface area contributed by atoms with Gasteiger partial charge in [-0.2, -0.15) is 0 Å². The first-order valence-electron chi connectivity index (χ1n) is 3.47. The number of ether oxygens (including phenoxy) is 1. The molecular formula is C6H16N2O. The van der Waals surface area contributed by atoms with Gasteiger partial charge in [-0.25, -0.2) is 5.01 Å². The zero-order valence-electron chi connectivity index (χ0n) is 6.26. The van der Waals surface area contributed by atoms with Crippen molar-refractivity contribution < 1.29 is 4.74 Å². The Morgan fingerprint density at radius 3 is 1.89 bits per heavy atom. The minimum Gasteiger partial charge on any atom is -0.379 e. The number of nitrogens with zero attached hydrogens (tertiary/aromatic N) is 1. The number of rotatable bonds is 0. The van der Waals surface area contributed by atoms with E-state index in [2.05, 4.69) is 0 Å². The number of hydrogen-bond acceptors (Lipinski definition) is 3. The Labute approximate surface area is 56.7 Å². The molecule has 1 saturated heterocycles. The average Bonchev–Trinajstić information content (AvgIpc) is 1.94. The molecule has 9 heavy (non-hydrogen) atoms. The Bertz CT molecular complexity index is 53.0. The van der Waals surface area contributed by atoms with E-state index in [0.717, 1.165) is 26.3 Å². The minimum absolute atomic E-state index is 0.788. The molecule has 0 unspecified atom stereocenters. The average molecular weight is 132 g/mol. The van der Waals surface area contributed by atoms with E-state index in [-0.39, 0.29) is 0 Å². The fraction of sp³-hybridized carbons (Fsp3) is 1.00. The first kappa shape index (κ1) is 8.88. The van der Waals surface area contributed by atoms with Crippen LogP contribution in [0.2, 0.25) is 0 Å². The molecule has 0 spiro atoms. The summed E-state index contributed by atoms with van der Waals surface area (Å²) in [6.07, 6.45) is 0. The molecule has 0 bridgehead atoms. The van der Waals surface area contributed by atoms with Gasteiger partial charge in [-0.3, -0.25) is 5.84 Å². The second-order valence-electron chi connectivity index (χ2n) is 1.65. The zero-order valence-corrected chi connectivity index (χ0v) is 6.26. The highest BCUT2D eigenvalue weighted by molar-refractivity contribution is 4.51. The first-order valence-corrected chi connectivity index (χ1v) is 3.47. The van der Waals surface area contributed by atoms with Crippen LogP contribution in [0.5, 0.6) is 0 Å². The Hall–Kier alpha value is -0.120. The minimum atomic E-state index is 0.788. The molecule has 1 fully saturated rings. The quantitative estimate of drug-likeness (QED) is 0.479. The molecule has 1 aliphatic heterocycles. The third-order valence-corrected chi connectivity index (χ3v) is 1.05. The van der Waals surface area contributed by atoms with Crippen molar-refractivity contribution in [3.05, 3.63) is 0 Å². The molecule has 0 radical (unpaired) electrons. The van der Waals surface area contributed by atoms with Crippen molar-refractivity contribution in [3.63, 3.8) is 0 Å². The van der Waals surface area contributed by atoms with Crippen molar-refractivity contribution >= 4 is 0 Å². The summed E-state index contributed by atoms with van der Waals surface area (Å²) in [6.45, 7) is 7.33. The summed E-state index contributed by atoms with van der Waals surface area (Å²) < 4.78 is 5.02. The van der Waals surface area contributed by atoms with Crippen LogP contribution in [0.25, 0.3) is 0 Å². The summed E-state index contributed by atoms with van der Waals surface area (Å²) in [6, 6.07) is 0. The second-order valence-corrected chi connectivity index (χ2v) is 1.65. The smallest absolute Gasteiger partial charge is 0.0608 e. The fourth-order valence-electron chi connectivity index (χ4n) is 0.577. The predicted octanol–water partition coefficient (Wildman–Crippen LogP) is 0.218. The van der Waals surface area contributed by atoms with Crippen LogP contribution >= 0.6 is 0 Å². The molecule has 0 amide bonds. The summed E-state index contributed by atoms with van der Waals surface area (Å²) in [5.74, 6) is 5.39. The van der Waals surface area contributed by atoms with Gasteiger partial charge in [0.1, 0.15) is 0 Å². The van der Waals surface area contributed by atoms with Crippen LogP contribution in [-0.2, 0) is 4.74 Å². The van der Waals surface area contributed by atoms with E-state index in [1.807, 2.05) is 13.8 Å². The Morgan fingerprint density at radius 1 is 1.22 bits per heavy atom. The Morgan fingerprint density at radius 2 is 1.67 bits per heavy atom. The van der Waals surface area contributed by atoms with E-state index in [9.17, 15) is 0 Å². The van der Waals surface area contributed by atoms with Crippen LogP contribution in [0.1, 0.15) is 13.8 Å². The van der Waals surface area contributed by atoms with E-state index in [1.165, 1.54) is 0 Å². The fourth-order valence-corrected chi connectivity index (χ4v) is 0.577. The third-order valence-electron chi connectivity index (χ3n) is 1.05. The lowest BCUT2D eigenvalue weighted by Gasteiger charge is -2.20. The third kappa shape index (κ3) is 4.39. The highest BCUT2D eigenvalue weighted by Crippen LogP contribution is 1.86. The molecule has 0 aliphatic carbocycles. The number of nitrogens with two attached hydrogens (primary N) is 1. The van der Waals surface area contributed by atoms with Gasteiger partial charge in [0, 0.05) is 13.1 Å². The van der Waals surface area contributed by atoms with Gasteiger partial charge in [-0.05, 0) is 0 Å². The maximum atomic E-state index is 5.39. The van der Waals surface area contributed by atoms with Crippen molar-refractivity contribution in [2.24, 2.45) is 5.84 Å². The predicted molar refractivity (Wildman–Crippen MR) is 37.9 cm³/mol. The van der Waals surface area contributed by atoms with Crippen molar-refractivity contribution in [3.8, 4) is 0 Å². The van der Waals surface area contributed by atoms with Gasteiger partial charge < -0.3 is 4.74 Å². The number of morpholine rings is 1. The Kier molecular flexibility index (Phi) is 5.93. The first-order chi connectivity index (χ1) is 4.39. The van der Waals surface area contributed by atoms with Gasteiger partial charge in [-0.1, -0.05) is 13.8 Å². The molecule has 1 aliphatic rings. The maximum absolute atomic E-state index is 5.39. The Balaban J connectivity index is 0.000000291. The van der Waals surface area contributed by atoms with Crippen LogP contribution in [0, 0.1) is 0 Å². The molecule has 3 nitrogen and oxygen atoms in total. The molecule has 0 atom stereocenters. The summed E-state index contributed by atoms with van der Waals surface area (Å²) in [5.41, 5.74) is 0. The van der Waals surface area contributed by atoms with Crippen molar-refractivity contribution in [2.75, 3.05) is 26.3 Å². The molecule has 1 rings (SSSR count). The lowest BCUT2D eigenvalue weighted by molar-refractivity contribution is 0.0378. The van der Waals surface area contributed by atoms with Gasteiger partial charge in [0.2, 0.25) is 0 Å². The van der Waals surface area contributed by atoms with E-state index in [1.54, 1.807) is 5.01 Å². The highest BCUT2D eigenvalue weighted by Gasteiger charge is 2.02.